The summed E-state index contributed by atoms with van der Waals surface area (Å²) in [6.07, 6.45) is 2.38. The molecule has 2 aromatic rings. The molecule has 144 valence electrons. The van der Waals surface area contributed by atoms with Crippen LogP contribution < -0.4 is 0 Å². The number of rotatable bonds is 4. The average molecular weight is 376 g/mol. The fourth-order valence-corrected chi connectivity index (χ4v) is 4.22. The molecule has 0 bridgehead atoms. The lowest BCUT2D eigenvalue weighted by molar-refractivity contribution is -0.137. The molecule has 5 nitrogen and oxygen atoms in total. The molecule has 4 rings (SSSR count). The van der Waals surface area contributed by atoms with Gasteiger partial charge in [-0.1, -0.05) is 49.4 Å². The molecule has 28 heavy (non-hydrogen) atoms. The van der Waals surface area contributed by atoms with Crippen molar-refractivity contribution in [3.63, 3.8) is 0 Å². The van der Waals surface area contributed by atoms with Crippen molar-refractivity contribution in [3.8, 4) is 0 Å². The SMILES string of the molecule is C[C@@H]1CCCN(C(=O)[C@H](Cc2ccccc2)N2C(=O)c3ccccc3C2=O)C1. The maximum absolute atomic E-state index is 13.5. The molecule has 2 aromatic carbocycles. The molecule has 2 heterocycles. The van der Waals surface area contributed by atoms with Crippen LogP contribution in [0, 0.1) is 5.92 Å². The lowest BCUT2D eigenvalue weighted by Gasteiger charge is -2.36. The summed E-state index contributed by atoms with van der Waals surface area (Å²) in [6, 6.07) is 15.6. The molecule has 0 N–H and O–H groups in total. The number of nitrogens with zero attached hydrogens (tertiary/aromatic N) is 2. The van der Waals surface area contributed by atoms with Gasteiger partial charge in [-0.3, -0.25) is 19.3 Å². The van der Waals surface area contributed by atoms with Crippen LogP contribution >= 0.6 is 0 Å². The van der Waals surface area contributed by atoms with Crippen molar-refractivity contribution in [1.29, 1.82) is 0 Å². The first-order valence-corrected chi connectivity index (χ1v) is 9.86. The van der Waals surface area contributed by atoms with E-state index in [1.165, 1.54) is 4.90 Å². The molecule has 2 atom stereocenters. The van der Waals surface area contributed by atoms with Crippen molar-refractivity contribution in [1.82, 2.24) is 9.80 Å². The van der Waals surface area contributed by atoms with Crippen LogP contribution in [0.25, 0.3) is 0 Å². The number of hydrogen-bond donors (Lipinski definition) is 0. The summed E-state index contributed by atoms with van der Waals surface area (Å²) in [5.41, 5.74) is 1.69. The van der Waals surface area contributed by atoms with Gasteiger partial charge in [0.15, 0.2) is 0 Å². The molecular formula is C23H24N2O3. The number of piperidine rings is 1. The van der Waals surface area contributed by atoms with E-state index in [0.717, 1.165) is 18.4 Å². The van der Waals surface area contributed by atoms with E-state index in [0.29, 0.717) is 36.6 Å². The number of carbonyl (C=O) groups is 3. The van der Waals surface area contributed by atoms with Crippen LogP contribution in [-0.2, 0) is 11.2 Å². The standard InChI is InChI=1S/C23H24N2O3/c1-16-8-7-13-24(15-16)23(28)20(14-17-9-3-2-4-10-17)25-21(26)18-11-5-6-12-19(18)22(25)27/h2-6,9-12,16,20H,7-8,13-15H2,1H3/t16-,20+/m1/s1. The first kappa shape index (κ1) is 18.4. The van der Waals surface area contributed by atoms with Crippen molar-refractivity contribution in [3.05, 3.63) is 71.3 Å². The number of amides is 3. The Morgan fingerprint density at radius 1 is 1.00 bits per heavy atom. The van der Waals surface area contributed by atoms with Gasteiger partial charge in [0, 0.05) is 19.5 Å². The van der Waals surface area contributed by atoms with Crippen LogP contribution in [0.3, 0.4) is 0 Å². The minimum Gasteiger partial charge on any atom is -0.341 e. The van der Waals surface area contributed by atoms with Crippen LogP contribution in [0.4, 0.5) is 0 Å². The van der Waals surface area contributed by atoms with Crippen molar-refractivity contribution >= 4 is 17.7 Å². The third-order valence-electron chi connectivity index (χ3n) is 5.66. The third kappa shape index (κ3) is 3.33. The van der Waals surface area contributed by atoms with Crippen LogP contribution in [0.5, 0.6) is 0 Å². The number of benzene rings is 2. The lowest BCUT2D eigenvalue weighted by Crippen LogP contribution is -2.53. The highest BCUT2D eigenvalue weighted by molar-refractivity contribution is 6.22. The summed E-state index contributed by atoms with van der Waals surface area (Å²) in [5, 5.41) is 0. The van der Waals surface area contributed by atoms with E-state index in [9.17, 15) is 14.4 Å². The molecule has 0 saturated carbocycles. The van der Waals surface area contributed by atoms with Gasteiger partial charge >= 0.3 is 0 Å². The Bertz CT molecular complexity index is 874. The van der Waals surface area contributed by atoms with Gasteiger partial charge in [0.25, 0.3) is 11.8 Å². The first-order valence-electron chi connectivity index (χ1n) is 9.86. The smallest absolute Gasteiger partial charge is 0.262 e. The summed E-state index contributed by atoms with van der Waals surface area (Å²) >= 11 is 0. The zero-order valence-electron chi connectivity index (χ0n) is 16.0. The Kier molecular flexibility index (Phi) is 4.99. The number of likely N-dealkylation sites (tertiary alicyclic amines) is 1. The van der Waals surface area contributed by atoms with Crippen molar-refractivity contribution < 1.29 is 14.4 Å². The molecule has 2 aliphatic heterocycles. The fourth-order valence-electron chi connectivity index (χ4n) is 4.22. The van der Waals surface area contributed by atoms with Crippen LogP contribution in [-0.4, -0.2) is 46.7 Å². The van der Waals surface area contributed by atoms with E-state index in [4.69, 9.17) is 0 Å². The second-order valence-electron chi connectivity index (χ2n) is 7.76. The molecule has 5 heteroatoms. The number of fused-ring (bicyclic) bond motifs is 1. The molecule has 3 amide bonds. The van der Waals surface area contributed by atoms with Gasteiger partial charge in [0.05, 0.1) is 11.1 Å². The van der Waals surface area contributed by atoms with Gasteiger partial charge in [-0.25, -0.2) is 0 Å². The van der Waals surface area contributed by atoms with E-state index in [-0.39, 0.29) is 17.7 Å². The zero-order chi connectivity index (χ0) is 19.7. The molecule has 0 unspecified atom stereocenters. The molecule has 1 fully saturated rings. The highest BCUT2D eigenvalue weighted by Gasteiger charge is 2.44. The Hall–Kier alpha value is -2.95. The summed E-state index contributed by atoms with van der Waals surface area (Å²) in [6.45, 7) is 3.48. The average Bonchev–Trinajstić information content (AvgIpc) is 2.97. The highest BCUT2D eigenvalue weighted by Crippen LogP contribution is 2.28. The fraction of sp³-hybridized carbons (Fsp3) is 0.348. The van der Waals surface area contributed by atoms with Crippen molar-refractivity contribution in [2.75, 3.05) is 13.1 Å². The van der Waals surface area contributed by atoms with Crippen molar-refractivity contribution in [2.24, 2.45) is 5.92 Å². The van der Waals surface area contributed by atoms with Crippen LogP contribution in [0.15, 0.2) is 54.6 Å². The van der Waals surface area contributed by atoms with E-state index in [2.05, 4.69) is 6.92 Å². The topological polar surface area (TPSA) is 57.7 Å². The lowest BCUT2D eigenvalue weighted by atomic mass is 9.97. The maximum atomic E-state index is 13.5. The van der Waals surface area contributed by atoms with Crippen molar-refractivity contribution in [2.45, 2.75) is 32.2 Å². The van der Waals surface area contributed by atoms with E-state index in [1.807, 2.05) is 35.2 Å². The number of carbonyl (C=O) groups excluding carboxylic acids is 3. The van der Waals surface area contributed by atoms with Gasteiger partial charge in [-0.2, -0.15) is 0 Å². The van der Waals surface area contributed by atoms with Gasteiger partial charge in [-0.15, -0.1) is 0 Å². The van der Waals surface area contributed by atoms with Gasteiger partial charge in [0.2, 0.25) is 5.91 Å². The Morgan fingerprint density at radius 2 is 1.61 bits per heavy atom. The van der Waals surface area contributed by atoms with Crippen LogP contribution in [0.1, 0.15) is 46.0 Å². The van der Waals surface area contributed by atoms with E-state index >= 15 is 0 Å². The Balaban J connectivity index is 1.68. The normalized spacial score (nSPS) is 20.2. The van der Waals surface area contributed by atoms with E-state index < -0.39 is 6.04 Å². The maximum Gasteiger partial charge on any atom is 0.262 e. The summed E-state index contributed by atoms with van der Waals surface area (Å²) in [5.74, 6) is -0.456. The highest BCUT2D eigenvalue weighted by atomic mass is 16.2. The zero-order valence-corrected chi connectivity index (χ0v) is 16.0. The summed E-state index contributed by atoms with van der Waals surface area (Å²) < 4.78 is 0. The molecule has 0 aromatic heterocycles. The Morgan fingerprint density at radius 3 is 2.21 bits per heavy atom. The molecule has 2 aliphatic rings. The minimum absolute atomic E-state index is 0.134. The molecule has 0 aliphatic carbocycles. The van der Waals surface area contributed by atoms with Crippen LogP contribution in [0.2, 0.25) is 0 Å². The molecule has 0 radical (unpaired) electrons. The first-order chi connectivity index (χ1) is 13.6. The predicted octanol–water partition coefficient (Wildman–Crippen LogP) is 3.15. The minimum atomic E-state index is -0.819. The monoisotopic (exact) mass is 376 g/mol. The number of imide groups is 1. The summed E-state index contributed by atoms with van der Waals surface area (Å²) in [7, 11) is 0. The second kappa shape index (κ2) is 7.58. The molecule has 1 saturated heterocycles. The molecular weight excluding hydrogens is 352 g/mol. The predicted molar refractivity (Wildman–Crippen MR) is 106 cm³/mol. The van der Waals surface area contributed by atoms with Gasteiger partial charge in [0.1, 0.15) is 6.04 Å². The van der Waals surface area contributed by atoms with Gasteiger partial charge < -0.3 is 4.90 Å². The van der Waals surface area contributed by atoms with Gasteiger partial charge in [-0.05, 0) is 36.5 Å². The number of hydrogen-bond acceptors (Lipinski definition) is 3. The largest absolute Gasteiger partial charge is 0.341 e. The Labute approximate surface area is 164 Å². The van der Waals surface area contributed by atoms with E-state index in [1.54, 1.807) is 24.3 Å². The molecule has 0 spiro atoms. The quantitative estimate of drug-likeness (QED) is 0.770. The third-order valence-corrected chi connectivity index (χ3v) is 5.66. The second-order valence-corrected chi connectivity index (χ2v) is 7.76. The summed E-state index contributed by atoms with van der Waals surface area (Å²) in [4.78, 5) is 42.5.